The van der Waals surface area contributed by atoms with Gasteiger partial charge in [-0.2, -0.15) is 4.37 Å². The molecule has 1 aliphatic rings. The van der Waals surface area contributed by atoms with Crippen LogP contribution in [0.5, 0.6) is 0 Å². The Morgan fingerprint density at radius 3 is 2.85 bits per heavy atom. The van der Waals surface area contributed by atoms with E-state index in [0.29, 0.717) is 6.04 Å². The number of rotatable bonds is 1. The molecule has 2 nitrogen and oxygen atoms in total. The Morgan fingerprint density at radius 2 is 2.38 bits per heavy atom. The average Bonchev–Trinajstić information content (AvgIpc) is 2.58. The fourth-order valence-electron chi connectivity index (χ4n) is 1.81. The van der Waals surface area contributed by atoms with Crippen LogP contribution in [0.25, 0.3) is 0 Å². The number of nitrogens with zero attached hydrogens (tertiary/aromatic N) is 2. The van der Waals surface area contributed by atoms with E-state index in [1.807, 2.05) is 0 Å². The van der Waals surface area contributed by atoms with Gasteiger partial charge in [0.1, 0.15) is 0 Å². The molecular weight excluding hydrogens is 204 g/mol. The third kappa shape index (κ3) is 2.22. The van der Waals surface area contributed by atoms with Crippen molar-refractivity contribution in [2.75, 3.05) is 13.6 Å². The summed E-state index contributed by atoms with van der Waals surface area (Å²) in [6.07, 6.45) is 2.64. The predicted molar refractivity (Wildman–Crippen MR) is 58.7 cm³/mol. The number of likely N-dealkylation sites (tertiary alicyclic amines) is 1. The summed E-state index contributed by atoms with van der Waals surface area (Å²) in [4.78, 5) is 3.86. The number of halogens is 1. The minimum atomic E-state index is 0. The van der Waals surface area contributed by atoms with Crippen LogP contribution in [-0.4, -0.2) is 22.9 Å². The van der Waals surface area contributed by atoms with Gasteiger partial charge in [-0.1, -0.05) is 0 Å². The van der Waals surface area contributed by atoms with Gasteiger partial charge >= 0.3 is 0 Å². The molecule has 0 saturated carbocycles. The van der Waals surface area contributed by atoms with E-state index >= 15 is 0 Å². The zero-order chi connectivity index (χ0) is 8.55. The van der Waals surface area contributed by atoms with Gasteiger partial charge in [0, 0.05) is 10.9 Å². The first-order valence-electron chi connectivity index (χ1n) is 4.41. The Balaban J connectivity index is 0.000000845. The monoisotopic (exact) mass is 218 g/mol. The van der Waals surface area contributed by atoms with Crippen LogP contribution in [0.2, 0.25) is 0 Å². The Hall–Kier alpha value is -0.120. The molecule has 0 aromatic carbocycles. The average molecular weight is 219 g/mol. The second-order valence-corrected chi connectivity index (χ2v) is 4.35. The quantitative estimate of drug-likeness (QED) is 0.721. The maximum absolute atomic E-state index is 4.31. The van der Waals surface area contributed by atoms with Crippen LogP contribution in [0, 0.1) is 6.92 Å². The van der Waals surface area contributed by atoms with Crippen molar-refractivity contribution in [1.82, 2.24) is 9.27 Å². The highest BCUT2D eigenvalue weighted by molar-refractivity contribution is 7.05. The molecule has 1 aromatic heterocycles. The highest BCUT2D eigenvalue weighted by atomic mass is 35.5. The Bertz CT molecular complexity index is 274. The van der Waals surface area contributed by atoms with Crippen LogP contribution in [0.15, 0.2) is 6.07 Å². The van der Waals surface area contributed by atoms with E-state index in [9.17, 15) is 0 Å². The molecule has 1 aliphatic heterocycles. The maximum atomic E-state index is 4.31. The number of aryl methyl sites for hydroxylation is 1. The van der Waals surface area contributed by atoms with Gasteiger partial charge in [0.25, 0.3) is 0 Å². The van der Waals surface area contributed by atoms with Crippen molar-refractivity contribution < 1.29 is 0 Å². The Labute approximate surface area is 89.5 Å². The summed E-state index contributed by atoms with van der Waals surface area (Å²) in [7, 11) is 2.20. The van der Waals surface area contributed by atoms with E-state index in [4.69, 9.17) is 0 Å². The van der Waals surface area contributed by atoms with Crippen molar-refractivity contribution in [3.05, 3.63) is 16.6 Å². The van der Waals surface area contributed by atoms with Crippen molar-refractivity contribution >= 4 is 23.9 Å². The summed E-state index contributed by atoms with van der Waals surface area (Å²) in [5, 5.41) is 0. The first-order chi connectivity index (χ1) is 5.77. The number of hydrogen-bond acceptors (Lipinski definition) is 3. The van der Waals surface area contributed by atoms with Crippen molar-refractivity contribution in [3.63, 3.8) is 0 Å². The molecule has 0 N–H and O–H groups in total. The number of aromatic nitrogens is 1. The lowest BCUT2D eigenvalue weighted by Crippen LogP contribution is -2.16. The highest BCUT2D eigenvalue weighted by Crippen LogP contribution is 2.32. The second-order valence-electron chi connectivity index (χ2n) is 3.51. The fraction of sp³-hybridized carbons (Fsp3) is 0.667. The first-order valence-corrected chi connectivity index (χ1v) is 5.18. The lowest BCUT2D eigenvalue weighted by Gasteiger charge is -2.16. The molecule has 4 heteroatoms. The molecule has 1 saturated heterocycles. The molecule has 0 amide bonds. The van der Waals surface area contributed by atoms with Gasteiger partial charge < -0.3 is 0 Å². The van der Waals surface area contributed by atoms with Gasteiger partial charge in [0.05, 0.1) is 5.69 Å². The molecular formula is C9H15ClN2S. The molecule has 1 aromatic rings. The number of hydrogen-bond donors (Lipinski definition) is 0. The molecule has 1 atom stereocenters. The molecule has 0 radical (unpaired) electrons. The molecule has 0 spiro atoms. The highest BCUT2D eigenvalue weighted by Gasteiger charge is 2.23. The van der Waals surface area contributed by atoms with E-state index in [2.05, 4.69) is 29.3 Å². The molecule has 1 fully saturated rings. The minimum absolute atomic E-state index is 0. The van der Waals surface area contributed by atoms with E-state index in [-0.39, 0.29) is 12.4 Å². The predicted octanol–water partition coefficient (Wildman–Crippen LogP) is 2.64. The summed E-state index contributed by atoms with van der Waals surface area (Å²) in [6.45, 7) is 3.30. The van der Waals surface area contributed by atoms with Crippen LogP contribution in [-0.2, 0) is 0 Å². The molecule has 2 rings (SSSR count). The standard InChI is InChI=1S/C9H14N2S.ClH/c1-7-6-9(12-10-7)8-4-3-5-11(8)2;/h6,8H,3-5H2,1-2H3;1H/t8-;/m0./s1. The van der Waals surface area contributed by atoms with Crippen molar-refractivity contribution in [2.45, 2.75) is 25.8 Å². The summed E-state index contributed by atoms with van der Waals surface area (Å²) in [5.74, 6) is 0. The van der Waals surface area contributed by atoms with Gasteiger partial charge in [0.15, 0.2) is 0 Å². The molecule has 13 heavy (non-hydrogen) atoms. The fourth-order valence-corrected chi connectivity index (χ4v) is 2.75. The largest absolute Gasteiger partial charge is 0.298 e. The second kappa shape index (κ2) is 4.40. The minimum Gasteiger partial charge on any atom is -0.298 e. The van der Waals surface area contributed by atoms with Gasteiger partial charge in [-0.05, 0) is 51.0 Å². The van der Waals surface area contributed by atoms with Crippen molar-refractivity contribution in [1.29, 1.82) is 0 Å². The molecule has 2 heterocycles. The van der Waals surface area contributed by atoms with Crippen LogP contribution < -0.4 is 0 Å². The van der Waals surface area contributed by atoms with Gasteiger partial charge in [-0.15, -0.1) is 12.4 Å². The molecule has 74 valence electrons. The molecule has 0 unspecified atom stereocenters. The Kier molecular flexibility index (Phi) is 3.71. The normalized spacial score (nSPS) is 23.1. The van der Waals surface area contributed by atoms with E-state index < -0.39 is 0 Å². The van der Waals surface area contributed by atoms with Crippen molar-refractivity contribution in [2.24, 2.45) is 0 Å². The SMILES string of the molecule is Cc1cc([C@@H]2CCCN2C)sn1.Cl. The summed E-state index contributed by atoms with van der Waals surface area (Å²) < 4.78 is 4.31. The lowest BCUT2D eigenvalue weighted by atomic mass is 10.2. The maximum Gasteiger partial charge on any atom is 0.0514 e. The Morgan fingerprint density at radius 1 is 1.62 bits per heavy atom. The summed E-state index contributed by atoms with van der Waals surface area (Å²) >= 11 is 1.66. The van der Waals surface area contributed by atoms with Crippen LogP contribution >= 0.6 is 23.9 Å². The third-order valence-electron chi connectivity index (χ3n) is 2.50. The topological polar surface area (TPSA) is 16.1 Å². The van der Waals surface area contributed by atoms with E-state index in [1.165, 1.54) is 24.3 Å². The van der Waals surface area contributed by atoms with Gasteiger partial charge in [0.2, 0.25) is 0 Å². The van der Waals surface area contributed by atoms with Crippen LogP contribution in [0.4, 0.5) is 0 Å². The zero-order valence-corrected chi connectivity index (χ0v) is 9.62. The van der Waals surface area contributed by atoms with E-state index in [1.54, 1.807) is 11.5 Å². The lowest BCUT2D eigenvalue weighted by molar-refractivity contribution is 0.321. The smallest absolute Gasteiger partial charge is 0.0514 e. The molecule has 0 aliphatic carbocycles. The van der Waals surface area contributed by atoms with Crippen molar-refractivity contribution in [3.8, 4) is 0 Å². The van der Waals surface area contributed by atoms with Crippen LogP contribution in [0.1, 0.15) is 29.5 Å². The summed E-state index contributed by atoms with van der Waals surface area (Å²) in [5.41, 5.74) is 1.16. The van der Waals surface area contributed by atoms with Gasteiger partial charge in [-0.25, -0.2) is 0 Å². The zero-order valence-electron chi connectivity index (χ0n) is 7.99. The van der Waals surface area contributed by atoms with Gasteiger partial charge in [-0.3, -0.25) is 4.90 Å². The van der Waals surface area contributed by atoms with E-state index in [0.717, 1.165) is 5.69 Å². The molecule has 0 bridgehead atoms. The third-order valence-corrected chi connectivity index (χ3v) is 3.48. The van der Waals surface area contributed by atoms with Crippen LogP contribution in [0.3, 0.4) is 0 Å². The first kappa shape index (κ1) is 11.0. The summed E-state index contributed by atoms with van der Waals surface area (Å²) in [6, 6.07) is 2.87.